The van der Waals surface area contributed by atoms with E-state index in [2.05, 4.69) is 39.2 Å². The smallest absolute Gasteiger partial charge is 0.299 e. The highest BCUT2D eigenvalue weighted by atomic mass is 16.5. The van der Waals surface area contributed by atoms with E-state index in [1.54, 1.807) is 18.3 Å². The Hall–Kier alpha value is -3.42. The predicted octanol–water partition coefficient (Wildman–Crippen LogP) is 0.326. The number of H-pyrrole nitrogens is 1. The van der Waals surface area contributed by atoms with Crippen molar-refractivity contribution in [1.82, 2.24) is 20.1 Å². The Kier molecular flexibility index (Phi) is 5.65. The SMILES string of the molecule is C[C@@H]1COCCN1c1cc(C#CC(=O)N2CC(O)C2)c(C=N)c(Nc2ccn[nH]2)n1. The lowest BCUT2D eigenvalue weighted by atomic mass is 10.1. The molecule has 2 aliphatic heterocycles. The molecule has 2 aromatic heterocycles. The van der Waals surface area contributed by atoms with Crippen molar-refractivity contribution < 1.29 is 14.6 Å². The summed E-state index contributed by atoms with van der Waals surface area (Å²) in [6.07, 6.45) is 2.30. The first-order valence-corrected chi connectivity index (χ1v) is 9.70. The van der Waals surface area contributed by atoms with Crippen molar-refractivity contribution in [1.29, 1.82) is 5.41 Å². The number of carbonyl (C=O) groups excluding carboxylic acids is 1. The number of aliphatic hydroxyl groups is 1. The molecule has 4 heterocycles. The van der Waals surface area contributed by atoms with E-state index in [4.69, 9.17) is 15.1 Å². The summed E-state index contributed by atoms with van der Waals surface area (Å²) in [5.74, 6) is 6.94. The summed E-state index contributed by atoms with van der Waals surface area (Å²) in [6, 6.07) is 3.68. The van der Waals surface area contributed by atoms with Crippen molar-refractivity contribution in [2.24, 2.45) is 0 Å². The minimum atomic E-state index is -0.478. The lowest BCUT2D eigenvalue weighted by Crippen LogP contribution is -2.53. The molecule has 1 atom stereocenters. The Balaban J connectivity index is 1.71. The average molecular weight is 409 g/mol. The number of pyridine rings is 1. The summed E-state index contributed by atoms with van der Waals surface area (Å²) >= 11 is 0. The number of aliphatic hydroxyl groups excluding tert-OH is 1. The maximum Gasteiger partial charge on any atom is 0.299 e. The average Bonchev–Trinajstić information content (AvgIpc) is 3.23. The van der Waals surface area contributed by atoms with Crippen LogP contribution in [0.3, 0.4) is 0 Å². The van der Waals surface area contributed by atoms with Gasteiger partial charge in [-0.15, -0.1) is 0 Å². The second-order valence-corrected chi connectivity index (χ2v) is 7.26. The van der Waals surface area contributed by atoms with Crippen molar-refractivity contribution in [2.45, 2.75) is 19.1 Å². The standard InChI is InChI=1S/C20H23N7O3/c1-13-12-30-7-6-27(13)18-8-14(2-3-19(29)26-10-15(28)11-26)16(9-21)20(24-18)23-17-4-5-22-25-17/h4-5,8-9,13,15,21,28H,6-7,10-12H2,1H3,(H2,22,23,24,25)/t13-/m1/s1. The van der Waals surface area contributed by atoms with Crippen LogP contribution in [0.1, 0.15) is 18.1 Å². The summed E-state index contributed by atoms with van der Waals surface area (Å²) in [5.41, 5.74) is 0.989. The molecule has 10 heteroatoms. The van der Waals surface area contributed by atoms with Gasteiger partial charge in [0, 0.05) is 43.4 Å². The third-order valence-electron chi connectivity index (χ3n) is 5.06. The first-order chi connectivity index (χ1) is 14.5. The van der Waals surface area contributed by atoms with Gasteiger partial charge in [-0.25, -0.2) is 4.98 Å². The van der Waals surface area contributed by atoms with Crippen LogP contribution in [0, 0.1) is 17.3 Å². The van der Waals surface area contributed by atoms with Gasteiger partial charge in [0.25, 0.3) is 5.91 Å². The number of carbonyl (C=O) groups is 1. The molecule has 30 heavy (non-hydrogen) atoms. The lowest BCUT2D eigenvalue weighted by molar-refractivity contribution is -0.134. The van der Waals surface area contributed by atoms with Gasteiger partial charge in [-0.05, 0) is 13.0 Å². The summed E-state index contributed by atoms with van der Waals surface area (Å²) in [4.78, 5) is 20.6. The van der Waals surface area contributed by atoms with E-state index in [1.807, 2.05) is 0 Å². The molecule has 0 saturated carbocycles. The van der Waals surface area contributed by atoms with Crippen LogP contribution in [0.2, 0.25) is 0 Å². The summed E-state index contributed by atoms with van der Waals surface area (Å²) in [5, 5.41) is 27.2. The number of aromatic amines is 1. The maximum atomic E-state index is 12.2. The predicted molar refractivity (Wildman–Crippen MR) is 111 cm³/mol. The van der Waals surface area contributed by atoms with Gasteiger partial charge in [-0.1, -0.05) is 5.92 Å². The molecule has 10 nitrogen and oxygen atoms in total. The largest absolute Gasteiger partial charge is 0.389 e. The van der Waals surface area contributed by atoms with Crippen LogP contribution < -0.4 is 10.2 Å². The minimum absolute atomic E-state index is 0.127. The number of ether oxygens (including phenoxy) is 1. The Morgan fingerprint density at radius 2 is 2.33 bits per heavy atom. The number of morpholine rings is 1. The second-order valence-electron chi connectivity index (χ2n) is 7.26. The highest BCUT2D eigenvalue weighted by molar-refractivity contribution is 5.96. The Morgan fingerprint density at radius 1 is 1.50 bits per heavy atom. The molecule has 0 spiro atoms. The Labute approximate surface area is 173 Å². The monoisotopic (exact) mass is 409 g/mol. The molecule has 2 saturated heterocycles. The summed E-state index contributed by atoms with van der Waals surface area (Å²) < 4.78 is 5.52. The Bertz CT molecular complexity index is 990. The van der Waals surface area contributed by atoms with E-state index < -0.39 is 6.10 Å². The van der Waals surface area contributed by atoms with Gasteiger partial charge in [0.1, 0.15) is 17.5 Å². The van der Waals surface area contributed by atoms with E-state index in [0.717, 1.165) is 0 Å². The molecular weight excluding hydrogens is 386 g/mol. The summed E-state index contributed by atoms with van der Waals surface area (Å²) in [7, 11) is 0. The highest BCUT2D eigenvalue weighted by Crippen LogP contribution is 2.26. The molecular formula is C20H23N7O3. The third-order valence-corrected chi connectivity index (χ3v) is 5.06. The van der Waals surface area contributed by atoms with Crippen LogP contribution in [-0.4, -0.2) is 82.3 Å². The molecule has 1 amide bonds. The summed E-state index contributed by atoms with van der Waals surface area (Å²) in [6.45, 7) is 4.51. The van der Waals surface area contributed by atoms with E-state index in [1.165, 1.54) is 11.1 Å². The number of aromatic nitrogens is 3. The van der Waals surface area contributed by atoms with Crippen LogP contribution in [0.25, 0.3) is 0 Å². The number of amides is 1. The molecule has 156 valence electrons. The fraction of sp³-hybridized carbons (Fsp3) is 0.400. The van der Waals surface area contributed by atoms with Gasteiger partial charge in [0.2, 0.25) is 0 Å². The topological polar surface area (TPSA) is 130 Å². The van der Waals surface area contributed by atoms with Gasteiger partial charge in [0.05, 0.1) is 37.1 Å². The molecule has 2 aromatic rings. The number of β-amino-alcohol motifs (C(OH)–C–C–N with tert-alkyl or cyclic N) is 1. The van der Waals surface area contributed by atoms with Gasteiger partial charge in [-0.2, -0.15) is 5.10 Å². The van der Waals surface area contributed by atoms with Crippen LogP contribution >= 0.6 is 0 Å². The second kappa shape index (κ2) is 8.52. The van der Waals surface area contributed by atoms with Crippen molar-refractivity contribution in [3.8, 4) is 11.8 Å². The van der Waals surface area contributed by atoms with Gasteiger partial charge >= 0.3 is 0 Å². The zero-order valence-corrected chi connectivity index (χ0v) is 16.6. The quantitative estimate of drug-likeness (QED) is 0.423. The zero-order valence-electron chi connectivity index (χ0n) is 16.6. The van der Waals surface area contributed by atoms with Crippen LogP contribution in [0.15, 0.2) is 18.3 Å². The van der Waals surface area contributed by atoms with E-state index in [9.17, 15) is 9.90 Å². The molecule has 4 N–H and O–H groups in total. The number of anilines is 3. The first kappa shape index (κ1) is 19.9. The molecule has 0 radical (unpaired) electrons. The van der Waals surface area contributed by atoms with E-state index in [0.29, 0.717) is 61.4 Å². The fourth-order valence-corrected chi connectivity index (χ4v) is 3.37. The minimum Gasteiger partial charge on any atom is -0.389 e. The fourth-order valence-electron chi connectivity index (χ4n) is 3.37. The van der Waals surface area contributed by atoms with E-state index in [-0.39, 0.29) is 11.9 Å². The molecule has 2 fully saturated rings. The third kappa shape index (κ3) is 4.12. The lowest BCUT2D eigenvalue weighted by Gasteiger charge is -2.34. The number of nitrogens with zero attached hydrogens (tertiary/aromatic N) is 4. The maximum absolute atomic E-state index is 12.2. The number of hydrogen-bond acceptors (Lipinski definition) is 8. The molecule has 0 aliphatic carbocycles. The van der Waals surface area contributed by atoms with Crippen LogP contribution in [0.4, 0.5) is 17.5 Å². The van der Waals surface area contributed by atoms with Gasteiger partial charge in [-0.3, -0.25) is 9.89 Å². The number of likely N-dealkylation sites (tertiary alicyclic amines) is 1. The van der Waals surface area contributed by atoms with Crippen molar-refractivity contribution >= 4 is 29.6 Å². The molecule has 0 unspecified atom stereocenters. The van der Waals surface area contributed by atoms with Crippen LogP contribution in [0.5, 0.6) is 0 Å². The van der Waals surface area contributed by atoms with Crippen molar-refractivity contribution in [3.63, 3.8) is 0 Å². The molecule has 4 rings (SSSR count). The number of hydrogen-bond donors (Lipinski definition) is 4. The van der Waals surface area contributed by atoms with Crippen LogP contribution in [-0.2, 0) is 9.53 Å². The zero-order chi connectivity index (χ0) is 21.1. The normalized spacial score (nSPS) is 18.9. The van der Waals surface area contributed by atoms with Gasteiger partial charge < -0.3 is 30.4 Å². The van der Waals surface area contributed by atoms with E-state index >= 15 is 0 Å². The Morgan fingerprint density at radius 3 is 3.00 bits per heavy atom. The molecule has 0 bridgehead atoms. The van der Waals surface area contributed by atoms with Crippen molar-refractivity contribution in [3.05, 3.63) is 29.5 Å². The highest BCUT2D eigenvalue weighted by Gasteiger charge is 2.28. The van der Waals surface area contributed by atoms with Crippen molar-refractivity contribution in [2.75, 3.05) is 43.1 Å². The number of nitrogens with one attached hydrogen (secondary N) is 3. The first-order valence-electron chi connectivity index (χ1n) is 9.70. The number of rotatable bonds is 4. The van der Waals surface area contributed by atoms with Gasteiger partial charge in [0.15, 0.2) is 0 Å². The molecule has 2 aliphatic rings. The molecule has 0 aromatic carbocycles.